The summed E-state index contributed by atoms with van der Waals surface area (Å²) in [4.78, 5) is 14.8. The Labute approximate surface area is 113 Å². The van der Waals surface area contributed by atoms with Gasteiger partial charge in [0.05, 0.1) is 5.75 Å². The van der Waals surface area contributed by atoms with E-state index in [1.165, 1.54) is 11.8 Å². The van der Waals surface area contributed by atoms with Crippen LogP contribution in [-0.4, -0.2) is 42.6 Å². The number of aliphatic carboxylic acids is 1. The van der Waals surface area contributed by atoms with E-state index in [-0.39, 0.29) is 11.8 Å². The highest BCUT2D eigenvalue weighted by atomic mass is 32.2. The molecular formula is C11H18N2O3S2. The van der Waals surface area contributed by atoms with E-state index in [1.54, 1.807) is 12.5 Å². The van der Waals surface area contributed by atoms with Crippen LogP contribution in [0.2, 0.25) is 0 Å². The molecule has 2 atom stereocenters. The molecule has 1 aromatic rings. The second kappa shape index (κ2) is 6.94. The van der Waals surface area contributed by atoms with Gasteiger partial charge in [0, 0.05) is 40.7 Å². The number of imidazole rings is 1. The van der Waals surface area contributed by atoms with Crippen LogP contribution in [0.25, 0.3) is 0 Å². The molecule has 1 rings (SSSR count). The molecular weight excluding hydrogens is 272 g/mol. The second-order valence-electron chi connectivity index (χ2n) is 4.15. The van der Waals surface area contributed by atoms with Gasteiger partial charge in [0.15, 0.2) is 5.16 Å². The zero-order valence-electron chi connectivity index (χ0n) is 10.8. The SMILES string of the molecule is Cc1cnc(SCC(=O)O)n1C(C)CCS(C)=O. The first-order valence-corrected chi connectivity index (χ1v) is 8.31. The molecule has 7 heteroatoms. The molecule has 0 aromatic carbocycles. The lowest BCUT2D eigenvalue weighted by Crippen LogP contribution is -2.12. The van der Waals surface area contributed by atoms with Gasteiger partial charge < -0.3 is 9.67 Å². The number of carbonyl (C=O) groups is 1. The zero-order valence-corrected chi connectivity index (χ0v) is 12.4. The number of aromatic nitrogens is 2. The third kappa shape index (κ3) is 4.45. The van der Waals surface area contributed by atoms with Crippen molar-refractivity contribution < 1.29 is 14.1 Å². The average Bonchev–Trinajstić information content (AvgIpc) is 2.64. The van der Waals surface area contributed by atoms with Crippen LogP contribution in [0.4, 0.5) is 0 Å². The fourth-order valence-corrected chi connectivity index (χ4v) is 3.17. The minimum atomic E-state index is -0.852. The Morgan fingerprint density at radius 2 is 2.33 bits per heavy atom. The summed E-state index contributed by atoms with van der Waals surface area (Å²) < 4.78 is 13.1. The van der Waals surface area contributed by atoms with Gasteiger partial charge in [0.2, 0.25) is 0 Å². The number of carboxylic acid groups (broad SMARTS) is 1. The van der Waals surface area contributed by atoms with Crippen LogP contribution in [-0.2, 0) is 15.6 Å². The highest BCUT2D eigenvalue weighted by Gasteiger charge is 2.15. The quantitative estimate of drug-likeness (QED) is 0.774. The fraction of sp³-hybridized carbons (Fsp3) is 0.636. The van der Waals surface area contributed by atoms with E-state index in [4.69, 9.17) is 5.11 Å². The van der Waals surface area contributed by atoms with Crippen molar-refractivity contribution in [1.29, 1.82) is 0 Å². The number of aryl methyl sites for hydroxylation is 1. The molecule has 0 aliphatic carbocycles. The van der Waals surface area contributed by atoms with Gasteiger partial charge in [-0.1, -0.05) is 11.8 Å². The largest absolute Gasteiger partial charge is 0.481 e. The fourth-order valence-electron chi connectivity index (χ4n) is 1.66. The van der Waals surface area contributed by atoms with Crippen LogP contribution >= 0.6 is 11.8 Å². The van der Waals surface area contributed by atoms with Crippen molar-refractivity contribution in [3.8, 4) is 0 Å². The molecule has 0 radical (unpaired) electrons. The Balaban J connectivity index is 2.76. The van der Waals surface area contributed by atoms with E-state index in [1.807, 2.05) is 18.4 Å². The van der Waals surface area contributed by atoms with Crippen LogP contribution in [0.3, 0.4) is 0 Å². The Morgan fingerprint density at radius 3 is 2.89 bits per heavy atom. The molecule has 5 nitrogen and oxygen atoms in total. The summed E-state index contributed by atoms with van der Waals surface area (Å²) in [5, 5.41) is 9.40. The van der Waals surface area contributed by atoms with Crippen molar-refractivity contribution in [2.24, 2.45) is 0 Å². The van der Waals surface area contributed by atoms with Gasteiger partial charge in [-0.3, -0.25) is 9.00 Å². The Bertz CT molecular complexity index is 445. The predicted octanol–water partition coefficient (Wildman–Crippen LogP) is 1.70. The first kappa shape index (κ1) is 15.2. The molecule has 0 aliphatic rings. The summed E-state index contributed by atoms with van der Waals surface area (Å²) in [7, 11) is -0.807. The predicted molar refractivity (Wildman–Crippen MR) is 73.6 cm³/mol. The first-order valence-electron chi connectivity index (χ1n) is 5.60. The van der Waals surface area contributed by atoms with Crippen LogP contribution in [0.5, 0.6) is 0 Å². The number of hydrogen-bond acceptors (Lipinski definition) is 4. The van der Waals surface area contributed by atoms with Crippen LogP contribution in [0, 0.1) is 6.92 Å². The Kier molecular flexibility index (Phi) is 5.87. The van der Waals surface area contributed by atoms with E-state index in [2.05, 4.69) is 4.98 Å². The van der Waals surface area contributed by atoms with Crippen molar-refractivity contribution in [3.05, 3.63) is 11.9 Å². The third-order valence-electron chi connectivity index (χ3n) is 2.54. The van der Waals surface area contributed by atoms with Crippen molar-refractivity contribution in [1.82, 2.24) is 9.55 Å². The van der Waals surface area contributed by atoms with Gasteiger partial charge in [0.1, 0.15) is 0 Å². The lowest BCUT2D eigenvalue weighted by Gasteiger charge is -2.17. The van der Waals surface area contributed by atoms with Gasteiger partial charge >= 0.3 is 5.97 Å². The zero-order chi connectivity index (χ0) is 13.7. The minimum absolute atomic E-state index is 0.00286. The smallest absolute Gasteiger partial charge is 0.313 e. The minimum Gasteiger partial charge on any atom is -0.481 e. The van der Waals surface area contributed by atoms with Gasteiger partial charge in [-0.15, -0.1) is 0 Å². The molecule has 0 amide bonds. The summed E-state index contributed by atoms with van der Waals surface area (Å²) in [5.41, 5.74) is 0.997. The van der Waals surface area contributed by atoms with Gasteiger partial charge in [0.25, 0.3) is 0 Å². The van der Waals surface area contributed by atoms with E-state index in [9.17, 15) is 9.00 Å². The highest BCUT2D eigenvalue weighted by molar-refractivity contribution is 7.99. The molecule has 0 spiro atoms. The molecule has 2 unspecified atom stereocenters. The van der Waals surface area contributed by atoms with E-state index >= 15 is 0 Å². The summed E-state index contributed by atoms with van der Waals surface area (Å²) in [5.74, 6) is -0.209. The number of hydrogen-bond donors (Lipinski definition) is 1. The van der Waals surface area contributed by atoms with Gasteiger partial charge in [-0.05, 0) is 20.3 Å². The molecule has 0 fully saturated rings. The summed E-state index contributed by atoms with van der Waals surface area (Å²) in [6, 6.07) is 0.174. The molecule has 1 N–H and O–H groups in total. The maximum Gasteiger partial charge on any atom is 0.313 e. The van der Waals surface area contributed by atoms with Crippen LogP contribution < -0.4 is 0 Å². The standard InChI is InChI=1S/C11H18N2O3S2/c1-8(4-5-18(3)16)13-9(2)6-12-11(13)17-7-10(14)15/h6,8H,4-5,7H2,1-3H3,(H,14,15). The molecule has 0 bridgehead atoms. The molecule has 1 aromatic heterocycles. The van der Waals surface area contributed by atoms with Crippen LogP contribution in [0.15, 0.2) is 11.4 Å². The molecule has 18 heavy (non-hydrogen) atoms. The summed E-state index contributed by atoms with van der Waals surface area (Å²) >= 11 is 1.22. The van der Waals surface area contributed by atoms with Crippen molar-refractivity contribution in [2.75, 3.05) is 17.8 Å². The van der Waals surface area contributed by atoms with Crippen LogP contribution in [0.1, 0.15) is 25.1 Å². The summed E-state index contributed by atoms with van der Waals surface area (Å²) in [6.07, 6.45) is 4.22. The van der Waals surface area contributed by atoms with Gasteiger partial charge in [-0.25, -0.2) is 4.98 Å². The number of nitrogens with zero attached hydrogens (tertiary/aromatic N) is 2. The van der Waals surface area contributed by atoms with E-state index in [0.29, 0.717) is 10.9 Å². The highest BCUT2D eigenvalue weighted by Crippen LogP contribution is 2.24. The van der Waals surface area contributed by atoms with Crippen molar-refractivity contribution in [2.45, 2.75) is 31.5 Å². The monoisotopic (exact) mass is 290 g/mol. The van der Waals surface area contributed by atoms with Crippen molar-refractivity contribution >= 4 is 28.5 Å². The topological polar surface area (TPSA) is 72.2 Å². The number of thioether (sulfide) groups is 1. The lowest BCUT2D eigenvalue weighted by atomic mass is 10.2. The average molecular weight is 290 g/mol. The third-order valence-corrected chi connectivity index (χ3v) is 4.30. The lowest BCUT2D eigenvalue weighted by molar-refractivity contribution is -0.133. The number of rotatable bonds is 7. The van der Waals surface area contributed by atoms with E-state index in [0.717, 1.165) is 12.1 Å². The Hall–Kier alpha value is -0.820. The molecule has 0 saturated carbocycles. The molecule has 0 aliphatic heterocycles. The normalized spacial score (nSPS) is 14.4. The summed E-state index contributed by atoms with van der Waals surface area (Å²) in [6.45, 7) is 3.98. The van der Waals surface area contributed by atoms with E-state index < -0.39 is 16.8 Å². The molecule has 0 saturated heterocycles. The maximum atomic E-state index is 11.1. The second-order valence-corrected chi connectivity index (χ2v) is 6.65. The maximum absolute atomic E-state index is 11.1. The van der Waals surface area contributed by atoms with Crippen molar-refractivity contribution in [3.63, 3.8) is 0 Å². The Morgan fingerprint density at radius 1 is 1.67 bits per heavy atom. The molecule has 1 heterocycles. The molecule has 102 valence electrons. The first-order chi connectivity index (χ1) is 8.41. The van der Waals surface area contributed by atoms with Gasteiger partial charge in [-0.2, -0.15) is 0 Å². The number of carboxylic acids is 1.